The third kappa shape index (κ3) is 7.37. The van der Waals surface area contributed by atoms with Crippen molar-refractivity contribution in [2.24, 2.45) is 11.8 Å². The fraction of sp³-hybridized carbons (Fsp3) is 0.929. The van der Waals surface area contributed by atoms with Crippen LogP contribution in [0.5, 0.6) is 0 Å². The van der Waals surface area contributed by atoms with E-state index < -0.39 is 5.60 Å². The van der Waals surface area contributed by atoms with Crippen molar-refractivity contribution in [2.75, 3.05) is 6.54 Å². The van der Waals surface area contributed by atoms with Crippen LogP contribution in [-0.4, -0.2) is 23.2 Å². The molecule has 2 N–H and O–H groups in total. The Bertz CT molecular complexity index is 222. The third-order valence-corrected chi connectivity index (χ3v) is 3.34. The van der Waals surface area contributed by atoms with Crippen molar-refractivity contribution in [1.82, 2.24) is 5.32 Å². The highest BCUT2D eigenvalue weighted by molar-refractivity contribution is 5.76. The minimum atomic E-state index is -0.739. The Hall–Kier alpha value is -0.570. The lowest BCUT2D eigenvalue weighted by molar-refractivity contribution is -0.123. The molecule has 0 aliphatic carbocycles. The molecule has 0 radical (unpaired) electrons. The lowest BCUT2D eigenvalue weighted by Gasteiger charge is -2.25. The summed E-state index contributed by atoms with van der Waals surface area (Å²) in [5.41, 5.74) is -0.739. The average molecular weight is 243 g/mol. The first kappa shape index (κ1) is 16.4. The molecule has 0 aliphatic heterocycles. The van der Waals surface area contributed by atoms with Crippen LogP contribution < -0.4 is 5.32 Å². The SMILES string of the molecule is CCC(O)(CC)CNC(=O)CC(C)CC(C)C. The van der Waals surface area contributed by atoms with Gasteiger partial charge in [0.2, 0.25) is 5.91 Å². The van der Waals surface area contributed by atoms with Gasteiger partial charge in [0.25, 0.3) is 0 Å². The first-order valence-electron chi connectivity index (χ1n) is 6.82. The number of nitrogens with one attached hydrogen (secondary N) is 1. The van der Waals surface area contributed by atoms with Gasteiger partial charge in [0.15, 0.2) is 0 Å². The van der Waals surface area contributed by atoms with Crippen molar-refractivity contribution in [3.05, 3.63) is 0 Å². The van der Waals surface area contributed by atoms with E-state index in [4.69, 9.17) is 0 Å². The minimum Gasteiger partial charge on any atom is -0.388 e. The normalized spacial score (nSPS) is 13.8. The van der Waals surface area contributed by atoms with Gasteiger partial charge in [-0.1, -0.05) is 34.6 Å². The predicted octanol–water partition coefficient (Wildman–Crippen LogP) is 2.73. The molecule has 0 aromatic heterocycles. The van der Waals surface area contributed by atoms with Gasteiger partial charge in [-0.25, -0.2) is 0 Å². The standard InChI is InChI=1S/C14H29NO2/c1-6-14(17,7-2)10-15-13(16)9-12(5)8-11(3)4/h11-12,17H,6-10H2,1-5H3,(H,15,16). The maximum atomic E-state index is 11.7. The van der Waals surface area contributed by atoms with E-state index in [0.717, 1.165) is 6.42 Å². The molecule has 0 rings (SSSR count). The lowest BCUT2D eigenvalue weighted by atomic mass is 9.95. The van der Waals surface area contributed by atoms with Gasteiger partial charge in [-0.2, -0.15) is 0 Å². The van der Waals surface area contributed by atoms with Crippen molar-refractivity contribution >= 4 is 5.91 Å². The molecule has 3 heteroatoms. The second-order valence-electron chi connectivity index (χ2n) is 5.65. The summed E-state index contributed by atoms with van der Waals surface area (Å²) >= 11 is 0. The largest absolute Gasteiger partial charge is 0.388 e. The van der Waals surface area contributed by atoms with E-state index in [1.165, 1.54) is 0 Å². The molecule has 1 amide bonds. The van der Waals surface area contributed by atoms with Crippen LogP contribution in [-0.2, 0) is 4.79 Å². The molecular formula is C14H29NO2. The zero-order chi connectivity index (χ0) is 13.5. The summed E-state index contributed by atoms with van der Waals surface area (Å²) < 4.78 is 0. The molecule has 0 spiro atoms. The Morgan fingerprint density at radius 1 is 1.24 bits per heavy atom. The number of hydrogen-bond acceptors (Lipinski definition) is 2. The molecule has 0 bridgehead atoms. The second kappa shape index (κ2) is 7.70. The average Bonchev–Trinajstić information content (AvgIpc) is 2.24. The molecule has 0 aromatic carbocycles. The quantitative estimate of drug-likeness (QED) is 0.688. The molecule has 3 nitrogen and oxygen atoms in total. The van der Waals surface area contributed by atoms with Crippen molar-refractivity contribution in [3.63, 3.8) is 0 Å². The smallest absolute Gasteiger partial charge is 0.220 e. The molecule has 17 heavy (non-hydrogen) atoms. The maximum Gasteiger partial charge on any atom is 0.220 e. The maximum absolute atomic E-state index is 11.7. The van der Waals surface area contributed by atoms with Crippen molar-refractivity contribution in [2.45, 2.75) is 65.9 Å². The van der Waals surface area contributed by atoms with Crippen molar-refractivity contribution in [3.8, 4) is 0 Å². The first-order chi connectivity index (χ1) is 7.83. The molecule has 102 valence electrons. The number of carbonyl (C=O) groups is 1. The Kier molecular flexibility index (Phi) is 7.44. The van der Waals surface area contributed by atoms with E-state index >= 15 is 0 Å². The van der Waals surface area contributed by atoms with Crippen LogP contribution in [0.4, 0.5) is 0 Å². The van der Waals surface area contributed by atoms with E-state index in [0.29, 0.717) is 37.6 Å². The van der Waals surface area contributed by atoms with Crippen molar-refractivity contribution < 1.29 is 9.90 Å². The summed E-state index contributed by atoms with van der Waals surface area (Å²) in [6, 6.07) is 0. The Morgan fingerprint density at radius 2 is 1.76 bits per heavy atom. The Morgan fingerprint density at radius 3 is 2.18 bits per heavy atom. The van der Waals surface area contributed by atoms with Crippen LogP contribution in [0.2, 0.25) is 0 Å². The first-order valence-corrected chi connectivity index (χ1v) is 6.82. The van der Waals surface area contributed by atoms with E-state index in [-0.39, 0.29) is 5.91 Å². The van der Waals surface area contributed by atoms with Gasteiger partial charge in [0.05, 0.1) is 5.60 Å². The number of hydrogen-bond donors (Lipinski definition) is 2. The summed E-state index contributed by atoms with van der Waals surface area (Å²) in [5, 5.41) is 12.9. The Labute approximate surface area is 106 Å². The van der Waals surface area contributed by atoms with E-state index in [1.807, 2.05) is 13.8 Å². The van der Waals surface area contributed by atoms with Crippen LogP contribution in [0, 0.1) is 11.8 Å². The molecule has 0 fully saturated rings. The fourth-order valence-electron chi connectivity index (χ4n) is 2.04. The van der Waals surface area contributed by atoms with Gasteiger partial charge < -0.3 is 10.4 Å². The molecule has 0 saturated heterocycles. The summed E-state index contributed by atoms with van der Waals surface area (Å²) in [6.07, 6.45) is 2.97. The van der Waals surface area contributed by atoms with Gasteiger partial charge in [-0.15, -0.1) is 0 Å². The molecular weight excluding hydrogens is 214 g/mol. The fourth-order valence-corrected chi connectivity index (χ4v) is 2.04. The summed E-state index contributed by atoms with van der Waals surface area (Å²) in [6.45, 7) is 10.7. The van der Waals surface area contributed by atoms with Gasteiger partial charge in [0, 0.05) is 13.0 Å². The third-order valence-electron chi connectivity index (χ3n) is 3.34. The highest BCUT2D eigenvalue weighted by atomic mass is 16.3. The summed E-state index contributed by atoms with van der Waals surface area (Å²) in [7, 11) is 0. The van der Waals surface area contributed by atoms with Crippen LogP contribution in [0.1, 0.15) is 60.3 Å². The van der Waals surface area contributed by atoms with Crippen LogP contribution in [0.25, 0.3) is 0 Å². The van der Waals surface area contributed by atoms with Crippen molar-refractivity contribution in [1.29, 1.82) is 0 Å². The van der Waals surface area contributed by atoms with E-state index in [2.05, 4.69) is 26.1 Å². The zero-order valence-electron chi connectivity index (χ0n) is 12.0. The zero-order valence-corrected chi connectivity index (χ0v) is 12.0. The molecule has 0 heterocycles. The molecule has 1 unspecified atom stereocenters. The summed E-state index contributed by atoms with van der Waals surface area (Å²) in [5.74, 6) is 1.09. The number of aliphatic hydroxyl groups is 1. The topological polar surface area (TPSA) is 49.3 Å². The Balaban J connectivity index is 3.94. The predicted molar refractivity (Wildman–Crippen MR) is 71.8 cm³/mol. The van der Waals surface area contributed by atoms with E-state index in [1.54, 1.807) is 0 Å². The molecule has 0 aromatic rings. The van der Waals surface area contributed by atoms with Gasteiger partial charge in [-0.3, -0.25) is 4.79 Å². The number of carbonyl (C=O) groups excluding carboxylic acids is 1. The van der Waals surface area contributed by atoms with Gasteiger partial charge >= 0.3 is 0 Å². The molecule has 0 saturated carbocycles. The second-order valence-corrected chi connectivity index (χ2v) is 5.65. The molecule has 1 atom stereocenters. The van der Waals surface area contributed by atoms with Crippen LogP contribution in [0.3, 0.4) is 0 Å². The van der Waals surface area contributed by atoms with Crippen LogP contribution in [0.15, 0.2) is 0 Å². The monoisotopic (exact) mass is 243 g/mol. The number of amides is 1. The summed E-state index contributed by atoms with van der Waals surface area (Å²) in [4.78, 5) is 11.7. The van der Waals surface area contributed by atoms with E-state index in [9.17, 15) is 9.90 Å². The highest BCUT2D eigenvalue weighted by Crippen LogP contribution is 2.15. The lowest BCUT2D eigenvalue weighted by Crippen LogP contribution is -2.42. The van der Waals surface area contributed by atoms with Gasteiger partial charge in [-0.05, 0) is 31.1 Å². The van der Waals surface area contributed by atoms with Crippen LogP contribution >= 0.6 is 0 Å². The molecule has 0 aliphatic rings. The minimum absolute atomic E-state index is 0.0541. The highest BCUT2D eigenvalue weighted by Gasteiger charge is 2.23. The number of rotatable bonds is 8. The van der Waals surface area contributed by atoms with Gasteiger partial charge in [0.1, 0.15) is 0 Å².